The first-order chi connectivity index (χ1) is 8.61. The van der Waals surface area contributed by atoms with E-state index in [1.807, 2.05) is 0 Å². The van der Waals surface area contributed by atoms with Gasteiger partial charge in [0.15, 0.2) is 0 Å². The second kappa shape index (κ2) is 5.08. The van der Waals surface area contributed by atoms with E-state index < -0.39 is 12.1 Å². The first-order valence-electron chi connectivity index (χ1n) is 5.68. The Kier molecular flexibility index (Phi) is 3.50. The molecule has 18 heavy (non-hydrogen) atoms. The number of hydrogen-bond acceptors (Lipinski definition) is 4. The maximum absolute atomic E-state index is 9.75. The van der Waals surface area contributed by atoms with Gasteiger partial charge in [-0.15, -0.1) is 0 Å². The van der Waals surface area contributed by atoms with E-state index in [1.54, 1.807) is 48.5 Å². The molecule has 0 spiro atoms. The fourth-order valence-corrected chi connectivity index (χ4v) is 1.93. The molecule has 0 amide bonds. The number of benzene rings is 2. The molecule has 0 unspecified atom stereocenters. The number of phenolic OH excluding ortho intramolecular Hbond substituents is 2. The molecule has 0 aliphatic rings. The third-order valence-electron chi connectivity index (χ3n) is 2.98. The van der Waals surface area contributed by atoms with Crippen molar-refractivity contribution in [2.24, 2.45) is 11.5 Å². The molecule has 4 nitrogen and oxygen atoms in total. The molecule has 2 aromatic rings. The second-order valence-corrected chi connectivity index (χ2v) is 4.17. The Labute approximate surface area is 105 Å². The van der Waals surface area contributed by atoms with Crippen LogP contribution in [-0.4, -0.2) is 10.2 Å². The average molecular weight is 244 g/mol. The summed E-state index contributed by atoms with van der Waals surface area (Å²) >= 11 is 0. The molecule has 2 atom stereocenters. The van der Waals surface area contributed by atoms with E-state index in [-0.39, 0.29) is 11.5 Å². The van der Waals surface area contributed by atoms with E-state index in [0.717, 1.165) is 0 Å². The summed E-state index contributed by atoms with van der Waals surface area (Å²) in [7, 11) is 0. The minimum atomic E-state index is -0.584. The Bertz CT molecular complexity index is 493. The van der Waals surface area contributed by atoms with Crippen LogP contribution in [0.4, 0.5) is 0 Å². The fourth-order valence-electron chi connectivity index (χ4n) is 1.93. The van der Waals surface area contributed by atoms with Crippen molar-refractivity contribution in [1.29, 1.82) is 0 Å². The van der Waals surface area contributed by atoms with Gasteiger partial charge in [-0.25, -0.2) is 0 Å². The molecular weight excluding hydrogens is 228 g/mol. The molecule has 94 valence electrons. The van der Waals surface area contributed by atoms with Gasteiger partial charge in [0.1, 0.15) is 11.5 Å². The van der Waals surface area contributed by atoms with Crippen LogP contribution in [0.25, 0.3) is 0 Å². The molecule has 0 saturated heterocycles. The van der Waals surface area contributed by atoms with Gasteiger partial charge in [-0.3, -0.25) is 0 Å². The Hall–Kier alpha value is -2.04. The lowest BCUT2D eigenvalue weighted by atomic mass is 9.94. The van der Waals surface area contributed by atoms with Crippen molar-refractivity contribution in [2.75, 3.05) is 0 Å². The third kappa shape index (κ3) is 2.30. The zero-order valence-corrected chi connectivity index (χ0v) is 9.82. The molecule has 2 rings (SSSR count). The average Bonchev–Trinajstić information content (AvgIpc) is 2.38. The van der Waals surface area contributed by atoms with Crippen LogP contribution in [0.3, 0.4) is 0 Å². The molecule has 0 bridgehead atoms. The van der Waals surface area contributed by atoms with E-state index in [4.69, 9.17) is 11.5 Å². The van der Waals surface area contributed by atoms with Crippen molar-refractivity contribution in [1.82, 2.24) is 0 Å². The molecule has 0 aliphatic carbocycles. The van der Waals surface area contributed by atoms with E-state index in [2.05, 4.69) is 0 Å². The Balaban J connectivity index is 2.33. The lowest BCUT2D eigenvalue weighted by Gasteiger charge is -2.22. The van der Waals surface area contributed by atoms with Gasteiger partial charge in [-0.2, -0.15) is 0 Å². The fraction of sp³-hybridized carbons (Fsp3) is 0.143. The largest absolute Gasteiger partial charge is 0.508 e. The van der Waals surface area contributed by atoms with Gasteiger partial charge < -0.3 is 21.7 Å². The van der Waals surface area contributed by atoms with Crippen molar-refractivity contribution < 1.29 is 10.2 Å². The first kappa shape index (κ1) is 12.4. The Morgan fingerprint density at radius 1 is 0.667 bits per heavy atom. The lowest BCUT2D eigenvalue weighted by Crippen LogP contribution is -2.26. The van der Waals surface area contributed by atoms with E-state index in [9.17, 15) is 10.2 Å². The van der Waals surface area contributed by atoms with Crippen molar-refractivity contribution >= 4 is 0 Å². The van der Waals surface area contributed by atoms with E-state index in [1.165, 1.54) is 0 Å². The number of para-hydroxylation sites is 2. The van der Waals surface area contributed by atoms with Gasteiger partial charge >= 0.3 is 0 Å². The maximum Gasteiger partial charge on any atom is 0.120 e. The molecule has 4 heteroatoms. The predicted molar refractivity (Wildman–Crippen MR) is 70.1 cm³/mol. The number of nitrogens with two attached hydrogens (primary N) is 2. The molecule has 0 aliphatic heterocycles. The summed E-state index contributed by atoms with van der Waals surface area (Å²) in [6.45, 7) is 0. The van der Waals surface area contributed by atoms with Crippen molar-refractivity contribution in [3.8, 4) is 11.5 Å². The normalized spacial score (nSPS) is 14.1. The summed E-state index contributed by atoms with van der Waals surface area (Å²) in [6, 6.07) is 12.4. The zero-order chi connectivity index (χ0) is 13.1. The summed E-state index contributed by atoms with van der Waals surface area (Å²) in [5.41, 5.74) is 13.2. The van der Waals surface area contributed by atoms with E-state index in [0.29, 0.717) is 11.1 Å². The molecule has 6 N–H and O–H groups in total. The van der Waals surface area contributed by atoms with Crippen LogP contribution in [0.5, 0.6) is 11.5 Å². The van der Waals surface area contributed by atoms with E-state index >= 15 is 0 Å². The molecule has 2 aromatic carbocycles. The van der Waals surface area contributed by atoms with Crippen molar-refractivity contribution in [3.05, 3.63) is 59.7 Å². The van der Waals surface area contributed by atoms with Crippen LogP contribution >= 0.6 is 0 Å². The zero-order valence-electron chi connectivity index (χ0n) is 9.82. The van der Waals surface area contributed by atoms with Gasteiger partial charge in [0.2, 0.25) is 0 Å². The summed E-state index contributed by atoms with van der Waals surface area (Å²) in [5.74, 6) is 0.215. The van der Waals surface area contributed by atoms with Crippen LogP contribution < -0.4 is 11.5 Å². The van der Waals surface area contributed by atoms with Crippen LogP contribution in [0.1, 0.15) is 23.2 Å². The molecular formula is C14H16N2O2. The Morgan fingerprint density at radius 2 is 1.00 bits per heavy atom. The first-order valence-corrected chi connectivity index (χ1v) is 5.68. The standard InChI is InChI=1S/C14H16N2O2/c15-13(9-5-1-3-7-11(9)17)14(16)10-6-2-4-8-12(10)18/h1-8,13-14,17-18H,15-16H2/t13-,14-/m1/s1. The highest BCUT2D eigenvalue weighted by Gasteiger charge is 2.21. The van der Waals surface area contributed by atoms with Gasteiger partial charge in [0, 0.05) is 11.1 Å². The minimum Gasteiger partial charge on any atom is -0.508 e. The predicted octanol–water partition coefficient (Wildman–Crippen LogP) is 1.80. The minimum absolute atomic E-state index is 0.107. The third-order valence-corrected chi connectivity index (χ3v) is 2.98. The van der Waals surface area contributed by atoms with Crippen molar-refractivity contribution in [2.45, 2.75) is 12.1 Å². The highest BCUT2D eigenvalue weighted by Crippen LogP contribution is 2.33. The highest BCUT2D eigenvalue weighted by atomic mass is 16.3. The summed E-state index contributed by atoms with van der Waals surface area (Å²) in [4.78, 5) is 0. The smallest absolute Gasteiger partial charge is 0.120 e. The summed E-state index contributed by atoms with van der Waals surface area (Å²) < 4.78 is 0. The van der Waals surface area contributed by atoms with Crippen molar-refractivity contribution in [3.63, 3.8) is 0 Å². The SMILES string of the molecule is N[C@H](c1ccccc1O)[C@H](N)c1ccccc1O. The monoisotopic (exact) mass is 244 g/mol. The lowest BCUT2D eigenvalue weighted by molar-refractivity contribution is 0.436. The topological polar surface area (TPSA) is 92.5 Å². The summed E-state index contributed by atoms with van der Waals surface area (Å²) in [5, 5.41) is 19.5. The van der Waals surface area contributed by atoms with Crippen LogP contribution in [0.15, 0.2) is 48.5 Å². The summed E-state index contributed by atoms with van der Waals surface area (Å²) in [6.07, 6.45) is 0. The van der Waals surface area contributed by atoms with Crippen LogP contribution in [-0.2, 0) is 0 Å². The molecule has 0 saturated carbocycles. The maximum atomic E-state index is 9.75. The van der Waals surface area contributed by atoms with Crippen LogP contribution in [0, 0.1) is 0 Å². The molecule has 0 heterocycles. The second-order valence-electron chi connectivity index (χ2n) is 4.17. The van der Waals surface area contributed by atoms with Gasteiger partial charge in [-0.05, 0) is 12.1 Å². The highest BCUT2D eigenvalue weighted by molar-refractivity contribution is 5.40. The number of phenols is 2. The molecule has 0 aromatic heterocycles. The molecule has 0 fully saturated rings. The van der Waals surface area contributed by atoms with Crippen LogP contribution in [0.2, 0.25) is 0 Å². The number of rotatable bonds is 3. The van der Waals surface area contributed by atoms with Gasteiger partial charge in [0.05, 0.1) is 12.1 Å². The number of hydrogen-bond donors (Lipinski definition) is 4. The number of aromatic hydroxyl groups is 2. The quantitative estimate of drug-likeness (QED) is 0.662. The Morgan fingerprint density at radius 3 is 1.33 bits per heavy atom. The van der Waals surface area contributed by atoms with Gasteiger partial charge in [0.25, 0.3) is 0 Å². The molecule has 0 radical (unpaired) electrons. The van der Waals surface area contributed by atoms with Gasteiger partial charge in [-0.1, -0.05) is 36.4 Å².